The van der Waals surface area contributed by atoms with Gasteiger partial charge in [-0.05, 0) is 17.7 Å². The Hall–Kier alpha value is -3.04. The molecule has 1 N–H and O–H groups in total. The van der Waals surface area contributed by atoms with Crippen molar-refractivity contribution in [3.8, 4) is 11.5 Å². The summed E-state index contributed by atoms with van der Waals surface area (Å²) in [7, 11) is 0. The molecule has 0 atom stereocenters. The van der Waals surface area contributed by atoms with Gasteiger partial charge in [0.1, 0.15) is 11.5 Å². The summed E-state index contributed by atoms with van der Waals surface area (Å²) < 4.78 is 56.1. The van der Waals surface area contributed by atoms with Crippen LogP contribution in [-0.4, -0.2) is 20.1 Å². The van der Waals surface area contributed by atoms with Gasteiger partial charge in [-0.15, -0.1) is 0 Å². The van der Waals surface area contributed by atoms with Crippen LogP contribution in [0.15, 0.2) is 39.9 Å². The van der Waals surface area contributed by atoms with Crippen LogP contribution in [0.5, 0.6) is 0 Å². The normalized spacial score (nSPS) is 11.7. The van der Waals surface area contributed by atoms with Gasteiger partial charge in [0.25, 0.3) is 0 Å². The Labute approximate surface area is 131 Å². The average molecular weight is 340 g/mol. The molecule has 2 aromatic heterocycles. The van der Waals surface area contributed by atoms with Crippen molar-refractivity contribution < 1.29 is 22.1 Å². The van der Waals surface area contributed by atoms with Crippen molar-refractivity contribution in [3.63, 3.8) is 0 Å². The number of hydrogen-bond acceptors (Lipinski definition) is 5. The fourth-order valence-corrected chi connectivity index (χ4v) is 2.07. The van der Waals surface area contributed by atoms with Crippen molar-refractivity contribution in [2.24, 2.45) is 0 Å². The van der Waals surface area contributed by atoms with Crippen molar-refractivity contribution in [1.29, 1.82) is 0 Å². The molecule has 3 rings (SSSR count). The largest absolute Gasteiger partial charge is 0.439 e. The van der Waals surface area contributed by atoms with Gasteiger partial charge in [-0.2, -0.15) is 13.2 Å². The summed E-state index contributed by atoms with van der Waals surface area (Å²) in [6.07, 6.45) is -2.10. The highest BCUT2D eigenvalue weighted by atomic mass is 19.4. The summed E-state index contributed by atoms with van der Waals surface area (Å²) in [5, 5.41) is 3.47. The van der Waals surface area contributed by atoms with E-state index in [-0.39, 0.29) is 29.2 Å². The summed E-state index contributed by atoms with van der Waals surface area (Å²) in [5.41, 5.74) is -0.720. The second-order valence-electron chi connectivity index (χ2n) is 4.78. The molecule has 0 fully saturated rings. The van der Waals surface area contributed by atoms with Gasteiger partial charge in [0.2, 0.25) is 5.82 Å². The molecule has 2 heterocycles. The van der Waals surface area contributed by atoms with Crippen LogP contribution in [0, 0.1) is 5.82 Å². The number of H-pyrrole nitrogens is 1. The number of benzene rings is 1. The first-order chi connectivity index (χ1) is 11.3. The molecule has 124 valence electrons. The highest BCUT2D eigenvalue weighted by Crippen LogP contribution is 2.30. The van der Waals surface area contributed by atoms with E-state index in [9.17, 15) is 22.4 Å². The monoisotopic (exact) mass is 340 g/mol. The van der Waals surface area contributed by atoms with E-state index >= 15 is 0 Å². The van der Waals surface area contributed by atoms with Crippen LogP contribution in [0.25, 0.3) is 11.5 Å². The Bertz CT molecular complexity index is 933. The molecule has 0 saturated carbocycles. The number of halogens is 4. The van der Waals surface area contributed by atoms with Gasteiger partial charge in [0, 0.05) is 18.8 Å². The molecule has 0 amide bonds. The molecular weight excluding hydrogens is 332 g/mol. The smallest absolute Gasteiger partial charge is 0.296 e. The zero-order chi connectivity index (χ0) is 17.3. The van der Waals surface area contributed by atoms with Gasteiger partial charge in [0.05, 0.1) is 11.3 Å². The third-order valence-corrected chi connectivity index (χ3v) is 3.18. The maximum Gasteiger partial charge on any atom is 0.439 e. The fourth-order valence-electron chi connectivity index (χ4n) is 2.07. The lowest BCUT2D eigenvalue weighted by Crippen LogP contribution is -2.07. The van der Waals surface area contributed by atoms with Crippen LogP contribution in [0.4, 0.5) is 17.6 Å². The Kier molecular flexibility index (Phi) is 3.87. The third kappa shape index (κ3) is 3.16. The lowest BCUT2D eigenvalue weighted by atomic mass is 10.0. The number of nitrogens with zero attached hydrogens (tertiary/aromatic N) is 3. The molecule has 0 radical (unpaired) electrons. The molecule has 0 aliphatic carbocycles. The summed E-state index contributed by atoms with van der Waals surface area (Å²) in [6, 6.07) is 2.23. The minimum absolute atomic E-state index is 0.00408. The van der Waals surface area contributed by atoms with E-state index < -0.39 is 23.3 Å². The van der Waals surface area contributed by atoms with E-state index in [1.54, 1.807) is 0 Å². The van der Waals surface area contributed by atoms with Crippen molar-refractivity contribution in [2.45, 2.75) is 12.6 Å². The molecule has 6 nitrogen and oxygen atoms in total. The molecular formula is C14H8F4N4O2. The number of rotatable bonds is 3. The molecule has 0 spiro atoms. The molecule has 0 saturated heterocycles. The number of nitrogens with one attached hydrogen (secondary N) is 1. The van der Waals surface area contributed by atoms with Crippen LogP contribution < -0.4 is 5.76 Å². The zero-order valence-electron chi connectivity index (χ0n) is 11.8. The molecule has 3 aromatic rings. The lowest BCUT2D eigenvalue weighted by molar-refractivity contribution is -0.137. The van der Waals surface area contributed by atoms with Gasteiger partial charge >= 0.3 is 11.9 Å². The first-order valence-corrected chi connectivity index (χ1v) is 6.56. The average Bonchev–Trinajstić information content (AvgIpc) is 2.95. The maximum atomic E-state index is 14.0. The topological polar surface area (TPSA) is 84.7 Å². The summed E-state index contributed by atoms with van der Waals surface area (Å²) in [5.74, 6) is -1.83. The van der Waals surface area contributed by atoms with Gasteiger partial charge in [-0.25, -0.2) is 14.2 Å². The van der Waals surface area contributed by atoms with Gasteiger partial charge in [-0.3, -0.25) is 14.5 Å². The Morgan fingerprint density at radius 2 is 1.92 bits per heavy atom. The second kappa shape index (κ2) is 5.87. The number of aromatic amines is 1. The quantitative estimate of drug-likeness (QED) is 0.741. The third-order valence-electron chi connectivity index (χ3n) is 3.18. The Balaban J connectivity index is 1.97. The standard InChI is InChI=1S/C14H8F4N4O2/c15-9-6-8(14(16,17)18)2-1-7(9)5-10-11(20-4-3-19-10)12-21-13(23)24-22-12/h1-4,6H,5H2,(H,21,22,23). The minimum atomic E-state index is -4.63. The fraction of sp³-hybridized carbons (Fsp3) is 0.143. The minimum Gasteiger partial charge on any atom is -0.296 e. The lowest BCUT2D eigenvalue weighted by Gasteiger charge is -2.10. The molecule has 0 unspecified atom stereocenters. The molecule has 0 bridgehead atoms. The van der Waals surface area contributed by atoms with Crippen molar-refractivity contribution in [1.82, 2.24) is 20.1 Å². The SMILES string of the molecule is O=c1[nH]c(-c2nccnc2Cc2ccc(C(F)(F)F)cc2F)no1. The first-order valence-electron chi connectivity index (χ1n) is 6.56. The molecule has 10 heteroatoms. The Morgan fingerprint density at radius 3 is 2.54 bits per heavy atom. The molecule has 1 aromatic carbocycles. The summed E-state index contributed by atoms with van der Waals surface area (Å²) in [4.78, 5) is 21.3. The highest BCUT2D eigenvalue weighted by molar-refractivity contribution is 5.52. The zero-order valence-corrected chi connectivity index (χ0v) is 11.8. The van der Waals surface area contributed by atoms with Crippen LogP contribution in [0.1, 0.15) is 16.8 Å². The number of alkyl halides is 3. The van der Waals surface area contributed by atoms with Crippen LogP contribution in [0.2, 0.25) is 0 Å². The maximum absolute atomic E-state index is 14.0. The van der Waals surface area contributed by atoms with E-state index in [1.165, 1.54) is 12.4 Å². The summed E-state index contributed by atoms with van der Waals surface area (Å²) in [6.45, 7) is 0. The molecule has 0 aliphatic heterocycles. The van der Waals surface area contributed by atoms with Gasteiger partial charge in [0.15, 0.2) is 0 Å². The van der Waals surface area contributed by atoms with Crippen LogP contribution in [-0.2, 0) is 12.6 Å². The summed E-state index contributed by atoms with van der Waals surface area (Å²) >= 11 is 0. The van der Waals surface area contributed by atoms with Crippen molar-refractivity contribution in [2.75, 3.05) is 0 Å². The van der Waals surface area contributed by atoms with Gasteiger partial charge in [-0.1, -0.05) is 11.2 Å². The van der Waals surface area contributed by atoms with Crippen LogP contribution >= 0.6 is 0 Å². The second-order valence-corrected chi connectivity index (χ2v) is 4.78. The molecule has 0 aliphatic rings. The number of aromatic nitrogens is 4. The van der Waals surface area contributed by atoms with Crippen molar-refractivity contribution >= 4 is 0 Å². The van der Waals surface area contributed by atoms with E-state index in [1.807, 2.05) is 0 Å². The van der Waals surface area contributed by atoms with E-state index in [4.69, 9.17) is 0 Å². The van der Waals surface area contributed by atoms with E-state index in [2.05, 4.69) is 24.6 Å². The van der Waals surface area contributed by atoms with E-state index in [0.29, 0.717) is 6.07 Å². The van der Waals surface area contributed by atoms with Crippen molar-refractivity contribution in [3.05, 3.63) is 63.8 Å². The molecule has 24 heavy (non-hydrogen) atoms. The first kappa shape index (κ1) is 15.8. The van der Waals surface area contributed by atoms with Crippen LogP contribution in [0.3, 0.4) is 0 Å². The van der Waals surface area contributed by atoms with E-state index in [0.717, 1.165) is 12.1 Å². The van der Waals surface area contributed by atoms with Gasteiger partial charge < -0.3 is 0 Å². The highest BCUT2D eigenvalue weighted by Gasteiger charge is 2.31. The predicted octanol–water partition coefficient (Wildman–Crippen LogP) is 2.57. The number of hydrogen-bond donors (Lipinski definition) is 1. The predicted molar refractivity (Wildman–Crippen MR) is 72.4 cm³/mol. The Morgan fingerprint density at radius 1 is 1.17 bits per heavy atom.